The van der Waals surface area contributed by atoms with E-state index in [1.165, 1.54) is 40.2 Å². The summed E-state index contributed by atoms with van der Waals surface area (Å²) in [5, 5.41) is 8.91. The Hall–Kier alpha value is -1.60. The monoisotopic (exact) mass is 397 g/mol. The third-order valence-electron chi connectivity index (χ3n) is 4.89. The Labute approximate surface area is 165 Å². The van der Waals surface area contributed by atoms with Crippen molar-refractivity contribution in [1.82, 2.24) is 14.9 Å². The van der Waals surface area contributed by atoms with Crippen molar-refractivity contribution in [2.45, 2.75) is 31.8 Å². The number of likely N-dealkylation sites (tertiary alicyclic amines) is 1. The Morgan fingerprint density at radius 2 is 2.04 bits per heavy atom. The molecule has 4 aromatic rings. The minimum Gasteiger partial charge on any atom is -0.288 e. The number of fused-ring (bicyclic) bond motifs is 1. The van der Waals surface area contributed by atoms with Crippen LogP contribution in [0.5, 0.6) is 0 Å². The molecule has 1 aromatic carbocycles. The zero-order valence-corrected chi connectivity index (χ0v) is 16.7. The highest BCUT2D eigenvalue weighted by molar-refractivity contribution is 7.18. The topological polar surface area (TPSA) is 29.0 Å². The highest BCUT2D eigenvalue weighted by atomic mass is 32.1. The lowest BCUT2D eigenvalue weighted by molar-refractivity contribution is 0.139. The molecule has 1 fully saturated rings. The van der Waals surface area contributed by atoms with Crippen molar-refractivity contribution in [3.8, 4) is 10.6 Å². The van der Waals surface area contributed by atoms with E-state index in [4.69, 9.17) is 9.97 Å². The van der Waals surface area contributed by atoms with Crippen molar-refractivity contribution in [3.05, 3.63) is 57.2 Å². The molecule has 0 N–H and O–H groups in total. The SMILES string of the molecule is c1ccc2sc([C@@H]3CCCCN3Cc3csc(-c4ccsc4)n3)nc2c1. The predicted molar refractivity (Wildman–Crippen MR) is 112 cm³/mol. The average Bonchev–Trinajstić information content (AvgIpc) is 3.42. The first-order valence-electron chi connectivity index (χ1n) is 8.93. The van der Waals surface area contributed by atoms with E-state index in [1.54, 1.807) is 22.7 Å². The fraction of sp³-hybridized carbons (Fsp3) is 0.300. The van der Waals surface area contributed by atoms with E-state index in [9.17, 15) is 0 Å². The van der Waals surface area contributed by atoms with Gasteiger partial charge in [-0.15, -0.1) is 22.7 Å². The largest absolute Gasteiger partial charge is 0.288 e. The van der Waals surface area contributed by atoms with Gasteiger partial charge in [0.25, 0.3) is 0 Å². The number of piperidine rings is 1. The molecule has 1 aliphatic rings. The Morgan fingerprint density at radius 3 is 2.92 bits per heavy atom. The molecule has 3 nitrogen and oxygen atoms in total. The van der Waals surface area contributed by atoms with Crippen LogP contribution in [0.25, 0.3) is 20.8 Å². The minimum atomic E-state index is 0.424. The fourth-order valence-electron chi connectivity index (χ4n) is 3.60. The standard InChI is InChI=1S/C20H19N3S3/c1-2-7-18-16(5-1)22-20(26-18)17-6-3-4-9-23(17)11-15-13-25-19(21-15)14-8-10-24-12-14/h1-2,5,7-8,10,12-13,17H,3-4,6,9,11H2/t17-/m0/s1. The van der Waals surface area contributed by atoms with Crippen LogP contribution in [-0.4, -0.2) is 21.4 Å². The molecule has 0 unspecified atom stereocenters. The normalized spacial score (nSPS) is 18.5. The molecule has 0 spiro atoms. The molecule has 0 bridgehead atoms. The number of aromatic nitrogens is 2. The summed E-state index contributed by atoms with van der Waals surface area (Å²) in [4.78, 5) is 12.4. The summed E-state index contributed by atoms with van der Waals surface area (Å²) in [6.07, 6.45) is 3.75. The molecule has 0 radical (unpaired) electrons. The molecule has 5 rings (SSSR count). The smallest absolute Gasteiger partial charge is 0.124 e. The first kappa shape index (κ1) is 16.6. The Bertz CT molecular complexity index is 969. The van der Waals surface area contributed by atoms with Gasteiger partial charge in [0.15, 0.2) is 0 Å². The van der Waals surface area contributed by atoms with Gasteiger partial charge in [-0.05, 0) is 43.0 Å². The maximum atomic E-state index is 4.93. The van der Waals surface area contributed by atoms with Crippen molar-refractivity contribution < 1.29 is 0 Å². The van der Waals surface area contributed by atoms with Gasteiger partial charge in [-0.25, -0.2) is 9.97 Å². The van der Waals surface area contributed by atoms with Gasteiger partial charge >= 0.3 is 0 Å². The fourth-order valence-corrected chi connectivity index (χ4v) is 6.26. The van der Waals surface area contributed by atoms with E-state index < -0.39 is 0 Å². The van der Waals surface area contributed by atoms with Gasteiger partial charge in [-0.2, -0.15) is 11.3 Å². The van der Waals surface area contributed by atoms with Crippen molar-refractivity contribution in [2.24, 2.45) is 0 Å². The predicted octanol–water partition coefficient (Wildman–Crippen LogP) is 6.21. The molecular formula is C20H19N3S3. The molecule has 1 aliphatic heterocycles. The van der Waals surface area contributed by atoms with Crippen LogP contribution in [0.1, 0.15) is 36.0 Å². The van der Waals surface area contributed by atoms with E-state index in [-0.39, 0.29) is 0 Å². The molecule has 0 aliphatic carbocycles. The zero-order valence-electron chi connectivity index (χ0n) is 14.3. The van der Waals surface area contributed by atoms with E-state index >= 15 is 0 Å². The first-order chi connectivity index (χ1) is 12.9. The number of para-hydroxylation sites is 1. The van der Waals surface area contributed by atoms with Crippen LogP contribution in [0.2, 0.25) is 0 Å². The highest BCUT2D eigenvalue weighted by Crippen LogP contribution is 2.37. The Morgan fingerprint density at radius 1 is 1.08 bits per heavy atom. The minimum absolute atomic E-state index is 0.424. The molecule has 4 heterocycles. The molecule has 132 valence electrons. The molecule has 3 aromatic heterocycles. The van der Waals surface area contributed by atoms with Crippen LogP contribution in [-0.2, 0) is 6.54 Å². The second kappa shape index (κ2) is 7.19. The van der Waals surface area contributed by atoms with Gasteiger partial charge in [0.1, 0.15) is 10.0 Å². The lowest BCUT2D eigenvalue weighted by Crippen LogP contribution is -2.33. The number of benzene rings is 1. The molecular weight excluding hydrogens is 378 g/mol. The number of thiazole rings is 2. The van der Waals surface area contributed by atoms with Crippen LogP contribution >= 0.6 is 34.0 Å². The highest BCUT2D eigenvalue weighted by Gasteiger charge is 2.27. The summed E-state index contributed by atoms with van der Waals surface area (Å²) < 4.78 is 1.29. The van der Waals surface area contributed by atoms with E-state index in [0.717, 1.165) is 23.6 Å². The van der Waals surface area contributed by atoms with Crippen molar-refractivity contribution in [3.63, 3.8) is 0 Å². The summed E-state index contributed by atoms with van der Waals surface area (Å²) in [6, 6.07) is 11.0. The lowest BCUT2D eigenvalue weighted by atomic mass is 10.0. The zero-order chi connectivity index (χ0) is 17.3. The van der Waals surface area contributed by atoms with Gasteiger partial charge in [-0.3, -0.25) is 4.90 Å². The summed E-state index contributed by atoms with van der Waals surface area (Å²) in [7, 11) is 0. The van der Waals surface area contributed by atoms with Crippen LogP contribution in [0.4, 0.5) is 0 Å². The number of rotatable bonds is 4. The molecule has 1 atom stereocenters. The summed E-state index contributed by atoms with van der Waals surface area (Å²) in [5.74, 6) is 0. The molecule has 0 saturated carbocycles. The quantitative estimate of drug-likeness (QED) is 0.410. The summed E-state index contributed by atoms with van der Waals surface area (Å²) >= 11 is 5.33. The number of hydrogen-bond acceptors (Lipinski definition) is 6. The van der Waals surface area contributed by atoms with Crippen LogP contribution < -0.4 is 0 Å². The third-order valence-corrected chi connectivity index (χ3v) is 7.66. The summed E-state index contributed by atoms with van der Waals surface area (Å²) in [6.45, 7) is 2.05. The van der Waals surface area contributed by atoms with Crippen molar-refractivity contribution in [2.75, 3.05) is 6.54 Å². The van der Waals surface area contributed by atoms with Crippen LogP contribution in [0.15, 0.2) is 46.5 Å². The molecule has 0 amide bonds. The molecule has 6 heteroatoms. The molecule has 1 saturated heterocycles. The Balaban J connectivity index is 1.39. The number of hydrogen-bond donors (Lipinski definition) is 0. The first-order valence-corrected chi connectivity index (χ1v) is 11.6. The van der Waals surface area contributed by atoms with Crippen molar-refractivity contribution >= 4 is 44.2 Å². The van der Waals surface area contributed by atoms with Gasteiger partial charge in [0.05, 0.1) is 22.0 Å². The van der Waals surface area contributed by atoms with Gasteiger partial charge in [-0.1, -0.05) is 18.6 Å². The number of thiophene rings is 1. The second-order valence-corrected chi connectivity index (χ2v) is 9.36. The maximum absolute atomic E-state index is 4.93. The lowest BCUT2D eigenvalue weighted by Gasteiger charge is -2.33. The second-order valence-electron chi connectivity index (χ2n) is 6.66. The van der Waals surface area contributed by atoms with Gasteiger partial charge in [0, 0.05) is 22.9 Å². The Kier molecular flexibility index (Phi) is 4.58. The number of nitrogens with zero attached hydrogens (tertiary/aromatic N) is 3. The van der Waals surface area contributed by atoms with E-state index in [0.29, 0.717) is 6.04 Å². The van der Waals surface area contributed by atoms with Crippen LogP contribution in [0.3, 0.4) is 0 Å². The van der Waals surface area contributed by atoms with E-state index in [2.05, 4.69) is 51.4 Å². The maximum Gasteiger partial charge on any atom is 0.124 e. The third kappa shape index (κ3) is 3.22. The average molecular weight is 398 g/mol. The van der Waals surface area contributed by atoms with Gasteiger partial charge < -0.3 is 0 Å². The van der Waals surface area contributed by atoms with E-state index in [1.807, 2.05) is 11.3 Å². The summed E-state index contributed by atoms with van der Waals surface area (Å²) in [5.41, 5.74) is 3.56. The van der Waals surface area contributed by atoms with Gasteiger partial charge in [0.2, 0.25) is 0 Å². The van der Waals surface area contributed by atoms with Crippen molar-refractivity contribution in [1.29, 1.82) is 0 Å². The van der Waals surface area contributed by atoms with Crippen LogP contribution in [0, 0.1) is 0 Å². The molecule has 26 heavy (non-hydrogen) atoms.